The van der Waals surface area contributed by atoms with Crippen LogP contribution in [0.15, 0.2) is 108 Å². The minimum Gasteiger partial charge on any atom is -0.496 e. The molecule has 1 aromatic heterocycles. The van der Waals surface area contributed by atoms with Crippen LogP contribution in [0, 0.1) is 0 Å². The van der Waals surface area contributed by atoms with Gasteiger partial charge in [0.15, 0.2) is 0 Å². The van der Waals surface area contributed by atoms with E-state index in [0.717, 1.165) is 29.5 Å². The maximum Gasteiger partial charge on any atom is 0.236 e. The van der Waals surface area contributed by atoms with Gasteiger partial charge in [0.1, 0.15) is 23.6 Å². The Morgan fingerprint density at radius 2 is 1.28 bits per heavy atom. The number of hydrogen-bond donors (Lipinski definition) is 0. The topological polar surface area (TPSA) is 43.7 Å². The molecule has 4 heteroatoms. The van der Waals surface area contributed by atoms with Gasteiger partial charge < -0.3 is 9.47 Å². The fourth-order valence-corrected chi connectivity index (χ4v) is 6.51. The smallest absolute Gasteiger partial charge is 0.236 e. The molecule has 0 bridgehead atoms. The molecule has 0 amide bonds. The molecule has 0 fully saturated rings. The van der Waals surface area contributed by atoms with E-state index in [0.29, 0.717) is 18.2 Å². The van der Waals surface area contributed by atoms with Crippen LogP contribution in [0.3, 0.4) is 0 Å². The summed E-state index contributed by atoms with van der Waals surface area (Å²) in [7, 11) is 1.69. The second-order valence-electron chi connectivity index (χ2n) is 10.7. The molecule has 0 N–H and O–H groups in total. The average Bonchev–Trinajstić information content (AvgIpc) is 3.33. The predicted molar refractivity (Wildman–Crippen MR) is 158 cm³/mol. The van der Waals surface area contributed by atoms with E-state index < -0.39 is 5.54 Å². The van der Waals surface area contributed by atoms with E-state index in [1.807, 2.05) is 30.3 Å². The van der Waals surface area contributed by atoms with Crippen molar-refractivity contribution >= 4 is 38.3 Å². The van der Waals surface area contributed by atoms with E-state index in [9.17, 15) is 0 Å². The molecule has 8 rings (SSSR count). The average molecular weight is 507 g/mol. The van der Waals surface area contributed by atoms with Gasteiger partial charge in [-0.1, -0.05) is 84.9 Å². The van der Waals surface area contributed by atoms with Crippen LogP contribution in [-0.2, 0) is 17.6 Å². The summed E-state index contributed by atoms with van der Waals surface area (Å²) < 4.78 is 12.1. The molecule has 39 heavy (non-hydrogen) atoms. The van der Waals surface area contributed by atoms with Gasteiger partial charge in [0.25, 0.3) is 0 Å². The molecule has 0 unspecified atom stereocenters. The molecule has 1 aliphatic heterocycles. The standard InChI is InChI=1S/C35H26N2O2/c1-38-31-18-30(36-29-13-7-6-12-28(29)31)34-37-35(21-39-34)19-24-16-14-22-8-2-4-10-26(22)32(24)33-25(20-35)17-15-23-9-3-5-11-27(23)33/h2-18H,19-21H2,1H3. The van der Waals surface area contributed by atoms with Gasteiger partial charge in [-0.2, -0.15) is 0 Å². The van der Waals surface area contributed by atoms with Gasteiger partial charge in [0.2, 0.25) is 5.90 Å². The van der Waals surface area contributed by atoms with E-state index in [-0.39, 0.29) is 0 Å². The zero-order valence-corrected chi connectivity index (χ0v) is 21.6. The number of ether oxygens (including phenoxy) is 2. The molecule has 0 saturated heterocycles. The molecule has 0 saturated carbocycles. The van der Waals surface area contributed by atoms with Gasteiger partial charge in [-0.25, -0.2) is 9.98 Å². The van der Waals surface area contributed by atoms with Crippen LogP contribution < -0.4 is 4.74 Å². The molecule has 5 aromatic carbocycles. The van der Waals surface area contributed by atoms with Crippen LogP contribution in [0.2, 0.25) is 0 Å². The summed E-state index contributed by atoms with van der Waals surface area (Å²) in [5.41, 5.74) is 6.43. The van der Waals surface area contributed by atoms with E-state index in [1.165, 1.54) is 43.8 Å². The van der Waals surface area contributed by atoms with Crippen molar-refractivity contribution in [3.8, 4) is 16.9 Å². The lowest BCUT2D eigenvalue weighted by Gasteiger charge is -2.23. The molecule has 1 spiro atoms. The van der Waals surface area contributed by atoms with Crippen LogP contribution in [0.5, 0.6) is 5.75 Å². The summed E-state index contributed by atoms with van der Waals surface area (Å²) in [6.45, 7) is 0.512. The maximum absolute atomic E-state index is 6.37. The third-order valence-electron chi connectivity index (χ3n) is 8.25. The minimum absolute atomic E-state index is 0.416. The zero-order valence-electron chi connectivity index (χ0n) is 21.6. The molecule has 0 radical (unpaired) electrons. The van der Waals surface area contributed by atoms with E-state index in [1.54, 1.807) is 7.11 Å². The molecule has 6 aromatic rings. The highest BCUT2D eigenvalue weighted by Crippen LogP contribution is 2.46. The Morgan fingerprint density at radius 1 is 0.692 bits per heavy atom. The fraction of sp³-hybridized carbons (Fsp3) is 0.143. The van der Waals surface area contributed by atoms with E-state index in [2.05, 4.69) is 72.8 Å². The lowest BCUT2D eigenvalue weighted by Crippen LogP contribution is -2.33. The minimum atomic E-state index is -0.416. The Morgan fingerprint density at radius 3 is 1.92 bits per heavy atom. The quantitative estimate of drug-likeness (QED) is 0.244. The summed E-state index contributed by atoms with van der Waals surface area (Å²) in [4.78, 5) is 10.2. The summed E-state index contributed by atoms with van der Waals surface area (Å²) >= 11 is 0. The highest BCUT2D eigenvalue weighted by atomic mass is 16.5. The van der Waals surface area contributed by atoms with Crippen LogP contribution >= 0.6 is 0 Å². The van der Waals surface area contributed by atoms with Gasteiger partial charge in [-0.3, -0.25) is 0 Å². The van der Waals surface area contributed by atoms with Crippen molar-refractivity contribution in [2.24, 2.45) is 4.99 Å². The van der Waals surface area contributed by atoms with Crippen molar-refractivity contribution < 1.29 is 9.47 Å². The van der Waals surface area contributed by atoms with Crippen molar-refractivity contribution in [2.75, 3.05) is 13.7 Å². The van der Waals surface area contributed by atoms with Gasteiger partial charge in [-0.05, 0) is 55.9 Å². The first-order chi connectivity index (χ1) is 19.2. The first-order valence-corrected chi connectivity index (χ1v) is 13.4. The Kier molecular flexibility index (Phi) is 4.80. The third kappa shape index (κ3) is 3.45. The summed E-state index contributed by atoms with van der Waals surface area (Å²) in [5.74, 6) is 1.36. The van der Waals surface area contributed by atoms with Crippen molar-refractivity contribution in [2.45, 2.75) is 18.4 Å². The normalized spacial score (nSPS) is 15.6. The number of benzene rings is 5. The highest BCUT2D eigenvalue weighted by Gasteiger charge is 2.41. The Hall–Kier alpha value is -4.70. The lowest BCUT2D eigenvalue weighted by atomic mass is 9.88. The monoisotopic (exact) mass is 506 g/mol. The maximum atomic E-state index is 6.37. The first-order valence-electron chi connectivity index (χ1n) is 13.4. The van der Waals surface area contributed by atoms with Gasteiger partial charge in [0.05, 0.1) is 12.6 Å². The van der Waals surface area contributed by atoms with Crippen molar-refractivity contribution in [3.63, 3.8) is 0 Å². The second-order valence-corrected chi connectivity index (χ2v) is 10.7. The number of para-hydroxylation sites is 1. The Bertz CT molecular complexity index is 1890. The zero-order chi connectivity index (χ0) is 26.0. The number of nitrogens with zero attached hydrogens (tertiary/aromatic N) is 2. The highest BCUT2D eigenvalue weighted by molar-refractivity contribution is 6.08. The number of rotatable bonds is 2. The van der Waals surface area contributed by atoms with E-state index in [4.69, 9.17) is 19.5 Å². The van der Waals surface area contributed by atoms with Gasteiger partial charge in [-0.15, -0.1) is 0 Å². The number of methoxy groups -OCH3 is 1. The predicted octanol–water partition coefficient (Wildman–Crippen LogP) is 7.53. The van der Waals surface area contributed by atoms with Crippen LogP contribution in [0.4, 0.5) is 0 Å². The van der Waals surface area contributed by atoms with Gasteiger partial charge in [0, 0.05) is 24.3 Å². The third-order valence-corrected chi connectivity index (χ3v) is 8.25. The second kappa shape index (κ2) is 8.40. The first kappa shape index (κ1) is 22.3. The Balaban J connectivity index is 1.35. The lowest BCUT2D eigenvalue weighted by molar-refractivity contribution is 0.252. The van der Waals surface area contributed by atoms with Crippen molar-refractivity contribution in [1.29, 1.82) is 0 Å². The van der Waals surface area contributed by atoms with Crippen LogP contribution in [-0.4, -0.2) is 30.1 Å². The van der Waals surface area contributed by atoms with E-state index >= 15 is 0 Å². The number of pyridine rings is 1. The SMILES string of the molecule is COc1cc(C2=NC3(CO2)Cc2ccc4ccccc4c2-c2c(ccc4ccccc24)C3)nc2ccccc12. The number of aliphatic imine (C=N–C) groups is 1. The molecule has 188 valence electrons. The molecular formula is C35H26N2O2. The summed E-state index contributed by atoms with van der Waals surface area (Å²) in [6.07, 6.45) is 1.59. The number of aromatic nitrogens is 1. The molecule has 2 aliphatic rings. The summed E-state index contributed by atoms with van der Waals surface area (Å²) in [6, 6.07) is 36.5. The number of hydrogen-bond acceptors (Lipinski definition) is 4. The molecule has 0 atom stereocenters. The Labute approximate surface area is 226 Å². The molecular weight excluding hydrogens is 480 g/mol. The largest absolute Gasteiger partial charge is 0.496 e. The van der Waals surface area contributed by atoms with Crippen molar-refractivity contribution in [3.05, 3.63) is 120 Å². The van der Waals surface area contributed by atoms with Gasteiger partial charge >= 0.3 is 0 Å². The molecule has 4 nitrogen and oxygen atoms in total. The van der Waals surface area contributed by atoms with Crippen molar-refractivity contribution in [1.82, 2.24) is 4.98 Å². The van der Waals surface area contributed by atoms with Crippen LogP contribution in [0.1, 0.15) is 16.8 Å². The molecule has 2 heterocycles. The van der Waals surface area contributed by atoms with Crippen LogP contribution in [0.25, 0.3) is 43.6 Å². The summed E-state index contributed by atoms with van der Waals surface area (Å²) in [5, 5.41) is 6.06. The fourth-order valence-electron chi connectivity index (χ4n) is 6.51. The number of fused-ring (bicyclic) bond motifs is 8. The molecule has 1 aliphatic carbocycles.